The molecular weight excluding hydrogens is 132 g/mol. The molecule has 0 fully saturated rings. The lowest BCUT2D eigenvalue weighted by Gasteiger charge is -1.90. The molecule has 11 heavy (non-hydrogen) atoms. The minimum atomic E-state index is 0. The molecular formula is C11H30. The Morgan fingerprint density at radius 1 is 0.909 bits per heavy atom. The van der Waals surface area contributed by atoms with Gasteiger partial charge in [-0.1, -0.05) is 61.8 Å². The lowest BCUT2D eigenvalue weighted by Crippen LogP contribution is -1.77. The molecule has 0 saturated carbocycles. The zero-order chi connectivity index (χ0) is 9.86. The molecule has 0 unspecified atom stereocenters. The van der Waals surface area contributed by atoms with Crippen LogP contribution in [0.25, 0.3) is 0 Å². The van der Waals surface area contributed by atoms with Crippen LogP contribution in [-0.2, 0) is 0 Å². The zero-order valence-electron chi connectivity index (χ0n) is 9.86. The summed E-state index contributed by atoms with van der Waals surface area (Å²) in [6.45, 7) is 17.1. The predicted octanol–water partition coefficient (Wildman–Crippen LogP) is 4.99. The summed E-state index contributed by atoms with van der Waals surface area (Å²) < 4.78 is 0. The van der Waals surface area contributed by atoms with E-state index in [2.05, 4.69) is 41.5 Å². The van der Waals surface area contributed by atoms with Crippen molar-refractivity contribution in [2.45, 2.75) is 61.8 Å². The molecule has 0 heteroatoms. The Bertz CT molecular complexity index is 37.5. The molecule has 0 nitrogen and oxygen atoms in total. The normalized spacial score (nSPS) is 8.18. The molecule has 0 aromatic rings. The third-order valence-electron chi connectivity index (χ3n) is 0.816. The van der Waals surface area contributed by atoms with Gasteiger partial charge in [-0.15, -0.1) is 0 Å². The van der Waals surface area contributed by atoms with Crippen LogP contribution >= 0.6 is 0 Å². The highest BCUT2D eigenvalue weighted by Crippen LogP contribution is 1.93. The first kappa shape index (κ1) is 17.2. The summed E-state index contributed by atoms with van der Waals surface area (Å²) in [6.07, 6.45) is 1.31. The van der Waals surface area contributed by atoms with E-state index in [1.165, 1.54) is 6.42 Å². The van der Waals surface area contributed by atoms with Crippen LogP contribution in [0.15, 0.2) is 0 Å². The van der Waals surface area contributed by atoms with Gasteiger partial charge < -0.3 is 0 Å². The molecule has 0 aromatic carbocycles. The second-order valence-electron chi connectivity index (χ2n) is 3.53. The Labute approximate surface area is 75.9 Å². The van der Waals surface area contributed by atoms with E-state index < -0.39 is 0 Å². The first-order valence-corrected chi connectivity index (χ1v) is 5.00. The van der Waals surface area contributed by atoms with Crippen molar-refractivity contribution in [3.63, 3.8) is 0 Å². The van der Waals surface area contributed by atoms with Crippen LogP contribution in [0.2, 0.25) is 0 Å². The van der Waals surface area contributed by atoms with Gasteiger partial charge in [-0.25, -0.2) is 0 Å². The summed E-state index contributed by atoms with van der Waals surface area (Å²) >= 11 is 0. The van der Waals surface area contributed by atoms with Crippen molar-refractivity contribution in [2.75, 3.05) is 0 Å². The second-order valence-corrected chi connectivity index (χ2v) is 3.53. The van der Waals surface area contributed by atoms with E-state index in [0.717, 1.165) is 11.8 Å². The Hall–Kier alpha value is 0. The fraction of sp³-hybridized carbons (Fsp3) is 1.00. The fourth-order valence-electron chi connectivity index (χ4n) is 0. The van der Waals surface area contributed by atoms with Crippen LogP contribution in [0, 0.1) is 11.8 Å². The molecule has 0 saturated heterocycles. The molecule has 0 aliphatic heterocycles. The number of hydrogen-bond acceptors (Lipinski definition) is 0. The molecule has 0 N–H and O–H groups in total. The first-order chi connectivity index (χ1) is 5.00. The van der Waals surface area contributed by atoms with E-state index >= 15 is 0 Å². The van der Waals surface area contributed by atoms with Gasteiger partial charge in [0.2, 0.25) is 0 Å². The lowest BCUT2D eigenvalue weighted by molar-refractivity contribution is 0.626. The van der Waals surface area contributed by atoms with E-state index in [1.807, 2.05) is 13.8 Å². The van der Waals surface area contributed by atoms with Crippen LogP contribution < -0.4 is 0 Å². The molecule has 74 valence electrons. The third kappa shape index (κ3) is 160. The average molecular weight is 164 g/mol. The van der Waals surface area contributed by atoms with Crippen LogP contribution in [0.4, 0.5) is 0 Å². The fourth-order valence-corrected chi connectivity index (χ4v) is 0. The van der Waals surface area contributed by atoms with Crippen molar-refractivity contribution in [3.05, 3.63) is 0 Å². The Balaban J connectivity index is -0.0000000419. The quantitative estimate of drug-likeness (QED) is 0.512. The van der Waals surface area contributed by atoms with Gasteiger partial charge in [-0.05, 0) is 11.8 Å². The predicted molar refractivity (Wildman–Crippen MR) is 59.1 cm³/mol. The van der Waals surface area contributed by atoms with Crippen molar-refractivity contribution in [1.29, 1.82) is 0 Å². The van der Waals surface area contributed by atoms with Crippen LogP contribution in [0.5, 0.6) is 0 Å². The lowest BCUT2D eigenvalue weighted by atomic mass is 10.2. The number of rotatable bonds is 1. The van der Waals surface area contributed by atoms with Crippen molar-refractivity contribution in [3.8, 4) is 0 Å². The van der Waals surface area contributed by atoms with Crippen molar-refractivity contribution in [2.24, 2.45) is 11.8 Å². The summed E-state index contributed by atoms with van der Waals surface area (Å²) in [5.41, 5.74) is 0. The van der Waals surface area contributed by atoms with Gasteiger partial charge in [-0.3, -0.25) is 0 Å². The van der Waals surface area contributed by atoms with Crippen LogP contribution in [0.1, 0.15) is 63.2 Å². The molecule has 0 spiro atoms. The van der Waals surface area contributed by atoms with Gasteiger partial charge >= 0.3 is 0 Å². The monoisotopic (exact) mass is 164 g/mol. The largest absolute Gasteiger partial charge is 0.0683 e. The molecule has 0 heterocycles. The van der Waals surface area contributed by atoms with Crippen LogP contribution in [-0.4, -0.2) is 0 Å². The highest BCUT2D eigenvalue weighted by atomic mass is 13.9. The van der Waals surface area contributed by atoms with E-state index in [0.29, 0.717) is 0 Å². The van der Waals surface area contributed by atoms with E-state index in [9.17, 15) is 0 Å². The highest BCUT2D eigenvalue weighted by molar-refractivity contribution is 4.32. The van der Waals surface area contributed by atoms with Gasteiger partial charge in [0.1, 0.15) is 0 Å². The standard InChI is InChI=1S/C5H12.C4H10.C2H6.H2/c1-4-5(2)3;1-4(2)3;1-2;/h5H,4H2,1-3H3;4H,1-3H3;1-2H3;1H/i;;;1+2. The third-order valence-corrected chi connectivity index (χ3v) is 0.816. The molecule has 0 bridgehead atoms. The minimum absolute atomic E-state index is 0. The smallest absolute Gasteiger partial charge is 0 e. The van der Waals surface area contributed by atoms with Gasteiger partial charge in [0.25, 0.3) is 0 Å². The maximum absolute atomic E-state index is 2.22. The molecule has 0 amide bonds. The molecule has 0 aliphatic carbocycles. The van der Waals surface area contributed by atoms with Gasteiger partial charge in [0.05, 0.1) is 0 Å². The van der Waals surface area contributed by atoms with Gasteiger partial charge in [-0.2, -0.15) is 0 Å². The number of hydrogen-bond donors (Lipinski definition) is 0. The van der Waals surface area contributed by atoms with Gasteiger partial charge in [0, 0.05) is 1.43 Å². The summed E-state index contributed by atoms with van der Waals surface area (Å²) in [4.78, 5) is 0. The van der Waals surface area contributed by atoms with Gasteiger partial charge in [0.15, 0.2) is 0 Å². The summed E-state index contributed by atoms with van der Waals surface area (Å²) in [5.74, 6) is 1.72. The summed E-state index contributed by atoms with van der Waals surface area (Å²) in [6, 6.07) is 0. The molecule has 0 rings (SSSR count). The summed E-state index contributed by atoms with van der Waals surface area (Å²) in [7, 11) is 0. The minimum Gasteiger partial charge on any atom is -0.0683 e. The zero-order valence-corrected chi connectivity index (χ0v) is 9.86. The Kier molecular flexibility index (Phi) is 25.8. The maximum Gasteiger partial charge on any atom is 0 e. The highest BCUT2D eigenvalue weighted by Gasteiger charge is 1.80. The Morgan fingerprint density at radius 2 is 1.00 bits per heavy atom. The van der Waals surface area contributed by atoms with Crippen LogP contribution in [0.3, 0.4) is 0 Å². The molecule has 0 aromatic heterocycles. The van der Waals surface area contributed by atoms with Crippen molar-refractivity contribution < 1.29 is 1.43 Å². The van der Waals surface area contributed by atoms with Crippen molar-refractivity contribution in [1.82, 2.24) is 0 Å². The topological polar surface area (TPSA) is 0 Å². The van der Waals surface area contributed by atoms with E-state index in [1.54, 1.807) is 0 Å². The second kappa shape index (κ2) is 16.5. The summed E-state index contributed by atoms with van der Waals surface area (Å²) in [5, 5.41) is 0. The van der Waals surface area contributed by atoms with E-state index in [4.69, 9.17) is 0 Å². The molecule has 0 radical (unpaired) electrons. The maximum atomic E-state index is 2.22. The first-order valence-electron chi connectivity index (χ1n) is 5.00. The Morgan fingerprint density at radius 3 is 1.00 bits per heavy atom. The van der Waals surface area contributed by atoms with Crippen molar-refractivity contribution >= 4 is 0 Å². The van der Waals surface area contributed by atoms with E-state index in [-0.39, 0.29) is 1.43 Å². The molecule has 0 aliphatic rings. The average Bonchev–Trinajstić information content (AvgIpc) is 1.91. The molecule has 0 atom stereocenters. The SMILES string of the molecule is CC.CC(C)C.CCC(C)C.[3HH].